The summed E-state index contributed by atoms with van der Waals surface area (Å²) in [7, 11) is 0. The van der Waals surface area contributed by atoms with E-state index in [0.717, 1.165) is 20.8 Å². The molecule has 0 spiro atoms. The zero-order valence-electron chi connectivity index (χ0n) is 12.4. The van der Waals surface area contributed by atoms with Crippen molar-refractivity contribution in [2.45, 2.75) is 0 Å². The molecule has 0 unspecified atom stereocenters. The molecule has 6 nitrogen and oxygen atoms in total. The Morgan fingerprint density at radius 2 is 2.17 bits per heavy atom. The largest absolute Gasteiger partial charge is 0.410 e. The third-order valence-corrected chi connectivity index (χ3v) is 3.89. The molecule has 0 fully saturated rings. The van der Waals surface area contributed by atoms with E-state index in [-0.39, 0.29) is 0 Å². The van der Waals surface area contributed by atoms with Crippen LogP contribution < -0.4 is 16.2 Å². The van der Waals surface area contributed by atoms with Gasteiger partial charge in [0.15, 0.2) is 0 Å². The third kappa shape index (κ3) is 3.88. The molecule has 0 radical (unpaired) electrons. The summed E-state index contributed by atoms with van der Waals surface area (Å²) < 4.78 is 5.74. The van der Waals surface area contributed by atoms with Gasteiger partial charge >= 0.3 is 6.09 Å². The van der Waals surface area contributed by atoms with Gasteiger partial charge in [0, 0.05) is 17.8 Å². The average Bonchev–Trinajstić information content (AvgIpc) is 2.94. The summed E-state index contributed by atoms with van der Waals surface area (Å²) in [5.74, 6) is 6.73. The van der Waals surface area contributed by atoms with E-state index in [9.17, 15) is 4.79 Å². The average molecular weight is 336 g/mol. The minimum Gasteiger partial charge on any atom is -0.410 e. The van der Waals surface area contributed by atoms with Gasteiger partial charge in [-0.05, 0) is 36.4 Å². The fraction of sp³-hybridized carbons (Fsp3) is 0. The summed E-state index contributed by atoms with van der Waals surface area (Å²) in [6, 6.07) is 8.65. The van der Waals surface area contributed by atoms with Crippen molar-refractivity contribution < 1.29 is 9.53 Å². The molecule has 0 saturated carbocycles. The molecule has 7 heteroatoms. The van der Waals surface area contributed by atoms with E-state index in [0.29, 0.717) is 11.6 Å². The van der Waals surface area contributed by atoms with Crippen LogP contribution in [0.3, 0.4) is 0 Å². The molecular formula is C17H12N4O2S. The van der Waals surface area contributed by atoms with Crippen LogP contribution >= 0.6 is 11.3 Å². The minimum atomic E-state index is -0.841. The summed E-state index contributed by atoms with van der Waals surface area (Å²) in [5, 5.41) is 0.797. The lowest BCUT2D eigenvalue weighted by molar-refractivity contribution is 0.211. The van der Waals surface area contributed by atoms with E-state index in [1.807, 2.05) is 6.08 Å². The van der Waals surface area contributed by atoms with Crippen LogP contribution in [0, 0.1) is 11.8 Å². The van der Waals surface area contributed by atoms with Crippen LogP contribution in [0.25, 0.3) is 16.3 Å². The van der Waals surface area contributed by atoms with Crippen LogP contribution in [0.5, 0.6) is 5.75 Å². The number of amides is 1. The Hall–Kier alpha value is -3.37. The monoisotopic (exact) mass is 336 g/mol. The Morgan fingerprint density at radius 1 is 1.29 bits per heavy atom. The lowest BCUT2D eigenvalue weighted by Crippen LogP contribution is -2.16. The van der Waals surface area contributed by atoms with Gasteiger partial charge in [0.1, 0.15) is 16.6 Å². The Morgan fingerprint density at radius 3 is 2.92 bits per heavy atom. The Labute approximate surface area is 141 Å². The predicted molar refractivity (Wildman–Crippen MR) is 94.4 cm³/mol. The number of hydrogen-bond donors (Lipinski definition) is 2. The smallest absolute Gasteiger partial charge is 0.409 e. The number of anilines is 1. The predicted octanol–water partition coefficient (Wildman–Crippen LogP) is 2.80. The molecule has 0 aliphatic heterocycles. The molecule has 0 aliphatic rings. The normalized spacial score (nSPS) is 10.5. The molecule has 3 rings (SSSR count). The first-order chi connectivity index (χ1) is 11.6. The van der Waals surface area contributed by atoms with Crippen molar-refractivity contribution in [1.82, 2.24) is 9.97 Å². The standard InChI is InChI=1S/C17H12N4O2S/c18-15-8-5-11(10-20-15)3-1-2-4-16-21-13-7-6-12(23-17(19)22)9-14(13)24-16/h2,4-10H,(H2,18,20)(H2,19,22). The van der Waals surface area contributed by atoms with Crippen LogP contribution in [-0.4, -0.2) is 16.1 Å². The van der Waals surface area contributed by atoms with Gasteiger partial charge in [-0.3, -0.25) is 0 Å². The van der Waals surface area contributed by atoms with Crippen molar-refractivity contribution in [2.24, 2.45) is 5.73 Å². The maximum absolute atomic E-state index is 10.8. The number of allylic oxidation sites excluding steroid dienone is 1. The fourth-order valence-electron chi connectivity index (χ4n) is 1.89. The quantitative estimate of drug-likeness (QED) is 0.700. The van der Waals surface area contributed by atoms with E-state index >= 15 is 0 Å². The number of carbonyl (C=O) groups is 1. The second-order valence-electron chi connectivity index (χ2n) is 4.68. The van der Waals surface area contributed by atoms with E-state index in [4.69, 9.17) is 16.2 Å². The summed E-state index contributed by atoms with van der Waals surface area (Å²) in [4.78, 5) is 19.2. The molecule has 24 heavy (non-hydrogen) atoms. The number of thiazole rings is 1. The van der Waals surface area contributed by atoms with Crippen molar-refractivity contribution in [3.63, 3.8) is 0 Å². The molecule has 3 aromatic rings. The summed E-state index contributed by atoms with van der Waals surface area (Å²) in [5.41, 5.74) is 12.1. The van der Waals surface area contributed by atoms with Crippen LogP contribution in [0.2, 0.25) is 0 Å². The highest BCUT2D eigenvalue weighted by Crippen LogP contribution is 2.27. The maximum Gasteiger partial charge on any atom is 0.409 e. The highest BCUT2D eigenvalue weighted by molar-refractivity contribution is 7.19. The first-order valence-electron chi connectivity index (χ1n) is 6.88. The molecule has 2 heterocycles. The molecular weight excluding hydrogens is 324 g/mol. The van der Waals surface area contributed by atoms with E-state index < -0.39 is 6.09 Å². The van der Waals surface area contributed by atoms with Crippen molar-refractivity contribution >= 4 is 39.5 Å². The Balaban J connectivity index is 1.75. The second kappa shape index (κ2) is 6.81. The second-order valence-corrected chi connectivity index (χ2v) is 5.74. The Bertz CT molecular complexity index is 981. The SMILES string of the molecule is NC(=O)Oc1ccc2nc(C=CC#Cc3ccc(N)nc3)sc2c1. The molecule has 0 bridgehead atoms. The van der Waals surface area contributed by atoms with Crippen molar-refractivity contribution in [3.05, 3.63) is 53.2 Å². The van der Waals surface area contributed by atoms with Gasteiger partial charge in [-0.1, -0.05) is 11.8 Å². The molecule has 118 valence electrons. The molecule has 2 aromatic heterocycles. The van der Waals surface area contributed by atoms with Gasteiger partial charge in [-0.15, -0.1) is 11.3 Å². The Kier molecular flexibility index (Phi) is 4.40. The zero-order chi connectivity index (χ0) is 16.9. The number of ether oxygens (including phenoxy) is 1. The maximum atomic E-state index is 10.8. The van der Waals surface area contributed by atoms with Gasteiger partial charge in [0.25, 0.3) is 0 Å². The highest BCUT2D eigenvalue weighted by Gasteiger charge is 2.05. The molecule has 0 aliphatic carbocycles. The molecule has 0 atom stereocenters. The van der Waals surface area contributed by atoms with E-state index in [1.165, 1.54) is 11.3 Å². The zero-order valence-corrected chi connectivity index (χ0v) is 13.2. The number of nitrogens with zero attached hydrogens (tertiary/aromatic N) is 2. The topological polar surface area (TPSA) is 104 Å². The van der Waals surface area contributed by atoms with Crippen LogP contribution in [-0.2, 0) is 0 Å². The number of pyridine rings is 1. The molecule has 1 amide bonds. The molecule has 1 aromatic carbocycles. The van der Waals surface area contributed by atoms with Gasteiger partial charge in [0.05, 0.1) is 10.2 Å². The van der Waals surface area contributed by atoms with Gasteiger partial charge in [-0.2, -0.15) is 0 Å². The number of nitrogen functional groups attached to an aromatic ring is 1. The van der Waals surface area contributed by atoms with Crippen LogP contribution in [0.1, 0.15) is 10.6 Å². The van der Waals surface area contributed by atoms with Crippen molar-refractivity contribution in [2.75, 3.05) is 5.73 Å². The summed E-state index contributed by atoms with van der Waals surface area (Å²) in [6.45, 7) is 0. The van der Waals surface area contributed by atoms with E-state index in [1.54, 1.807) is 42.6 Å². The summed E-state index contributed by atoms with van der Waals surface area (Å²) in [6.07, 6.45) is 4.31. The van der Waals surface area contributed by atoms with Crippen molar-refractivity contribution in [1.29, 1.82) is 0 Å². The van der Waals surface area contributed by atoms with Crippen molar-refractivity contribution in [3.8, 4) is 17.6 Å². The minimum absolute atomic E-state index is 0.393. The number of rotatable bonds is 2. The first kappa shape index (κ1) is 15.5. The van der Waals surface area contributed by atoms with Gasteiger partial charge in [-0.25, -0.2) is 14.8 Å². The first-order valence-corrected chi connectivity index (χ1v) is 7.69. The van der Waals surface area contributed by atoms with Crippen LogP contribution in [0.15, 0.2) is 42.6 Å². The number of hydrogen-bond acceptors (Lipinski definition) is 6. The number of benzene rings is 1. The molecule has 0 saturated heterocycles. The number of fused-ring (bicyclic) bond motifs is 1. The molecule has 4 N–H and O–H groups in total. The van der Waals surface area contributed by atoms with Gasteiger partial charge in [0.2, 0.25) is 0 Å². The number of aromatic nitrogens is 2. The third-order valence-electron chi connectivity index (χ3n) is 2.91. The number of primary amides is 1. The van der Waals surface area contributed by atoms with E-state index in [2.05, 4.69) is 21.8 Å². The fourth-order valence-corrected chi connectivity index (χ4v) is 2.79. The number of carbonyl (C=O) groups excluding carboxylic acids is 1. The van der Waals surface area contributed by atoms with Gasteiger partial charge < -0.3 is 16.2 Å². The highest BCUT2D eigenvalue weighted by atomic mass is 32.1. The number of nitrogens with two attached hydrogens (primary N) is 2. The lowest BCUT2D eigenvalue weighted by Gasteiger charge is -1.98. The lowest BCUT2D eigenvalue weighted by atomic mass is 10.3. The van der Waals surface area contributed by atoms with Crippen LogP contribution in [0.4, 0.5) is 10.6 Å². The summed E-state index contributed by atoms with van der Waals surface area (Å²) >= 11 is 1.46.